The molecule has 0 saturated heterocycles. The van der Waals surface area contributed by atoms with E-state index in [1.54, 1.807) is 0 Å². The molecule has 2 aromatic rings. The van der Waals surface area contributed by atoms with Gasteiger partial charge in [0.25, 0.3) is 8.32 Å². The van der Waals surface area contributed by atoms with Crippen LogP contribution < -0.4 is 10.4 Å². The Bertz CT molecular complexity index is 688. The molecule has 3 heteroatoms. The first kappa shape index (κ1) is 22.1. The molecule has 0 fully saturated rings. The molecular weight excluding hydrogens is 412 g/mol. The molecular formula is C24H33BrOSi. The summed E-state index contributed by atoms with van der Waals surface area (Å²) in [5.41, 5.74) is 0. The second kappa shape index (κ2) is 9.36. The van der Waals surface area contributed by atoms with Crippen molar-refractivity contribution in [2.75, 3.05) is 0 Å². The molecule has 0 N–H and O–H groups in total. The monoisotopic (exact) mass is 444 g/mol. The van der Waals surface area contributed by atoms with E-state index in [0.717, 1.165) is 6.42 Å². The largest absolute Gasteiger partial charge is 0.404 e. The number of halogens is 1. The summed E-state index contributed by atoms with van der Waals surface area (Å²) in [5, 5.41) is 2.69. The topological polar surface area (TPSA) is 9.23 Å². The van der Waals surface area contributed by atoms with E-state index in [-0.39, 0.29) is 11.1 Å². The predicted octanol–water partition coefficient (Wildman–Crippen LogP) is 6.28. The van der Waals surface area contributed by atoms with Gasteiger partial charge < -0.3 is 4.43 Å². The molecule has 2 rings (SSSR count). The molecule has 0 bridgehead atoms. The zero-order chi connectivity index (χ0) is 20.1. The fraction of sp³-hybridized carbons (Fsp3) is 0.417. The van der Waals surface area contributed by atoms with Crippen LogP contribution in [0.15, 0.2) is 71.2 Å². The molecule has 0 amide bonds. The molecule has 0 radical (unpaired) electrons. The highest BCUT2D eigenvalue weighted by Crippen LogP contribution is 2.38. The van der Waals surface area contributed by atoms with Gasteiger partial charge in [0.15, 0.2) is 0 Å². The Balaban J connectivity index is 2.66. The van der Waals surface area contributed by atoms with E-state index < -0.39 is 8.32 Å². The molecule has 146 valence electrons. The minimum atomic E-state index is -2.49. The Labute approximate surface area is 175 Å². The number of rotatable bonds is 7. The van der Waals surface area contributed by atoms with Gasteiger partial charge in [0.05, 0.1) is 6.10 Å². The fourth-order valence-corrected chi connectivity index (χ4v) is 8.68. The van der Waals surface area contributed by atoms with Crippen LogP contribution in [0.2, 0.25) is 5.04 Å². The van der Waals surface area contributed by atoms with E-state index in [1.165, 1.54) is 14.9 Å². The van der Waals surface area contributed by atoms with E-state index in [9.17, 15) is 0 Å². The number of hydrogen-bond donors (Lipinski definition) is 0. The Morgan fingerprint density at radius 2 is 1.41 bits per heavy atom. The van der Waals surface area contributed by atoms with Crippen molar-refractivity contribution >= 4 is 34.6 Å². The molecule has 0 aliphatic heterocycles. The molecule has 0 spiro atoms. The molecule has 0 heterocycles. The SMILES string of the molecule is C/C(Br)=C\C[C@@H](O[Si](c1ccccc1)(c1ccccc1)C(C)(C)C)C(C)C. The lowest BCUT2D eigenvalue weighted by Gasteiger charge is -2.46. The van der Waals surface area contributed by atoms with Crippen molar-refractivity contribution in [3.05, 3.63) is 71.2 Å². The van der Waals surface area contributed by atoms with Crippen LogP contribution in [0.3, 0.4) is 0 Å². The molecule has 0 unspecified atom stereocenters. The zero-order valence-electron chi connectivity index (χ0n) is 17.5. The van der Waals surface area contributed by atoms with Gasteiger partial charge in [-0.2, -0.15) is 0 Å². The third-order valence-corrected chi connectivity index (χ3v) is 10.5. The van der Waals surface area contributed by atoms with Gasteiger partial charge in [0.2, 0.25) is 0 Å². The van der Waals surface area contributed by atoms with Gasteiger partial charge >= 0.3 is 0 Å². The summed E-state index contributed by atoms with van der Waals surface area (Å²) in [6.07, 6.45) is 3.32. The van der Waals surface area contributed by atoms with E-state index in [2.05, 4.69) is 124 Å². The maximum absolute atomic E-state index is 7.26. The Hall–Kier alpha value is -1.16. The molecule has 1 nitrogen and oxygen atoms in total. The van der Waals surface area contributed by atoms with Crippen molar-refractivity contribution in [3.8, 4) is 0 Å². The molecule has 1 atom stereocenters. The van der Waals surface area contributed by atoms with Crippen LogP contribution in [-0.2, 0) is 4.43 Å². The van der Waals surface area contributed by atoms with E-state index >= 15 is 0 Å². The van der Waals surface area contributed by atoms with Crippen LogP contribution in [0.25, 0.3) is 0 Å². The van der Waals surface area contributed by atoms with Crippen molar-refractivity contribution in [1.29, 1.82) is 0 Å². The van der Waals surface area contributed by atoms with Crippen LogP contribution in [0, 0.1) is 5.92 Å². The van der Waals surface area contributed by atoms with Gasteiger partial charge in [-0.15, -0.1) is 0 Å². The lowest BCUT2D eigenvalue weighted by atomic mass is 10.0. The van der Waals surface area contributed by atoms with Crippen LogP contribution in [0.5, 0.6) is 0 Å². The van der Waals surface area contributed by atoms with Gasteiger partial charge in [-0.3, -0.25) is 0 Å². The number of hydrogen-bond acceptors (Lipinski definition) is 1. The summed E-state index contributed by atoms with van der Waals surface area (Å²) in [5.74, 6) is 0.440. The first-order valence-electron chi connectivity index (χ1n) is 9.79. The second-order valence-corrected chi connectivity index (χ2v) is 14.1. The molecule has 0 aliphatic carbocycles. The van der Waals surface area contributed by atoms with Gasteiger partial charge in [-0.1, -0.05) is 117 Å². The summed E-state index contributed by atoms with van der Waals surface area (Å²) in [6.45, 7) is 13.6. The minimum absolute atomic E-state index is 0.00993. The van der Waals surface area contributed by atoms with E-state index in [4.69, 9.17) is 4.43 Å². The quantitative estimate of drug-likeness (QED) is 0.456. The van der Waals surface area contributed by atoms with Gasteiger partial charge in [-0.25, -0.2) is 0 Å². The lowest BCUT2D eigenvalue weighted by Crippen LogP contribution is -2.68. The maximum Gasteiger partial charge on any atom is 0.261 e. The average molecular weight is 446 g/mol. The highest BCUT2D eigenvalue weighted by Gasteiger charge is 2.51. The molecule has 27 heavy (non-hydrogen) atoms. The number of benzene rings is 2. The summed E-state index contributed by atoms with van der Waals surface area (Å²) < 4.78 is 8.43. The van der Waals surface area contributed by atoms with Crippen molar-refractivity contribution < 1.29 is 4.43 Å². The number of allylic oxidation sites excluding steroid dienone is 1. The predicted molar refractivity (Wildman–Crippen MR) is 125 cm³/mol. The van der Waals surface area contributed by atoms with E-state index in [0.29, 0.717) is 5.92 Å². The smallest absolute Gasteiger partial charge is 0.261 e. The lowest BCUT2D eigenvalue weighted by molar-refractivity contribution is 0.142. The first-order chi connectivity index (χ1) is 12.7. The molecule has 0 aliphatic rings. The average Bonchev–Trinajstić information content (AvgIpc) is 2.62. The summed E-state index contributed by atoms with van der Waals surface area (Å²) in [6, 6.07) is 21.8. The van der Waals surface area contributed by atoms with Gasteiger partial charge in [0.1, 0.15) is 0 Å². The van der Waals surface area contributed by atoms with Crippen LogP contribution in [0.1, 0.15) is 48.0 Å². The van der Waals surface area contributed by atoms with Crippen molar-refractivity contribution in [2.24, 2.45) is 5.92 Å². The van der Waals surface area contributed by atoms with Crippen molar-refractivity contribution in [2.45, 2.75) is 59.1 Å². The Morgan fingerprint density at radius 1 is 0.963 bits per heavy atom. The Kier molecular flexibility index (Phi) is 7.67. The highest BCUT2D eigenvalue weighted by molar-refractivity contribution is 9.11. The van der Waals surface area contributed by atoms with Crippen molar-refractivity contribution in [1.82, 2.24) is 0 Å². The maximum atomic E-state index is 7.26. The van der Waals surface area contributed by atoms with Crippen LogP contribution in [0.4, 0.5) is 0 Å². The summed E-state index contributed by atoms with van der Waals surface area (Å²) >= 11 is 3.58. The third kappa shape index (κ3) is 5.22. The molecule has 0 aromatic heterocycles. The first-order valence-corrected chi connectivity index (χ1v) is 12.5. The third-order valence-electron chi connectivity index (χ3n) is 5.12. The summed E-state index contributed by atoms with van der Waals surface area (Å²) in [4.78, 5) is 0. The zero-order valence-corrected chi connectivity index (χ0v) is 20.1. The molecule has 2 aromatic carbocycles. The van der Waals surface area contributed by atoms with Gasteiger partial charge in [-0.05, 0) is 39.2 Å². The highest BCUT2D eigenvalue weighted by atomic mass is 79.9. The van der Waals surface area contributed by atoms with Crippen LogP contribution in [-0.4, -0.2) is 14.4 Å². The summed E-state index contributed by atoms with van der Waals surface area (Å²) in [7, 11) is -2.49. The van der Waals surface area contributed by atoms with Crippen LogP contribution >= 0.6 is 15.9 Å². The molecule has 0 saturated carbocycles. The Morgan fingerprint density at radius 3 is 1.74 bits per heavy atom. The van der Waals surface area contributed by atoms with Crippen molar-refractivity contribution in [3.63, 3.8) is 0 Å². The second-order valence-electron chi connectivity index (χ2n) is 8.59. The normalized spacial score (nSPS) is 14.4. The van der Waals surface area contributed by atoms with Gasteiger partial charge in [0, 0.05) is 0 Å². The minimum Gasteiger partial charge on any atom is -0.404 e. The van der Waals surface area contributed by atoms with E-state index in [1.807, 2.05) is 0 Å². The fourth-order valence-electron chi connectivity index (χ4n) is 3.65. The standard InChI is InChI=1S/C24H33BrOSi/c1-19(2)23(18-17-20(3)25)26-27(24(4,5)6,21-13-9-7-10-14-21)22-15-11-8-12-16-22/h7-17,19,23H,18H2,1-6H3/b20-17+/t23-/m1/s1.